The number of rotatable bonds is 3. The first kappa shape index (κ1) is 12.9. The lowest BCUT2D eigenvalue weighted by atomic mass is 10.1. The molecular weight excluding hydrogens is 258 g/mol. The van der Waals surface area contributed by atoms with Gasteiger partial charge in [-0.2, -0.15) is 5.26 Å². The Labute approximate surface area is 119 Å². The Morgan fingerprint density at radius 1 is 1.37 bits per heavy atom. The van der Waals surface area contributed by atoms with Crippen molar-refractivity contribution in [3.63, 3.8) is 0 Å². The summed E-state index contributed by atoms with van der Waals surface area (Å²) in [5, 5.41) is 13.2. The van der Waals surface area contributed by atoms with Gasteiger partial charge in [0.25, 0.3) is 0 Å². The van der Waals surface area contributed by atoms with Crippen LogP contribution in [0, 0.1) is 11.3 Å². The molecule has 1 N–H and O–H groups in total. The van der Waals surface area contributed by atoms with Crippen molar-refractivity contribution in [3.8, 4) is 6.07 Å². The molecule has 0 aliphatic carbocycles. The zero-order chi connectivity index (χ0) is 13.2. The molecule has 19 heavy (non-hydrogen) atoms. The summed E-state index contributed by atoms with van der Waals surface area (Å²) < 4.78 is 0. The Bertz CT molecular complexity index is 509. The molecule has 2 unspecified atom stereocenters. The summed E-state index contributed by atoms with van der Waals surface area (Å²) in [4.78, 5) is 2.60. The van der Waals surface area contributed by atoms with E-state index in [1.807, 2.05) is 12.1 Å². The molecule has 3 nitrogen and oxygen atoms in total. The predicted octanol–water partition coefficient (Wildman–Crippen LogP) is 2.54. The first-order valence-electron chi connectivity index (χ1n) is 6.94. The lowest BCUT2D eigenvalue weighted by Gasteiger charge is -2.21. The smallest absolute Gasteiger partial charge is 0.0992 e. The predicted molar refractivity (Wildman–Crippen MR) is 76.0 cm³/mol. The van der Waals surface area contributed by atoms with Gasteiger partial charge in [0.2, 0.25) is 0 Å². The fourth-order valence-electron chi connectivity index (χ4n) is 3.32. The van der Waals surface area contributed by atoms with Crippen molar-refractivity contribution in [1.29, 1.82) is 5.26 Å². The molecule has 0 bridgehead atoms. The normalized spacial score (nSPS) is 26.3. The third-order valence-corrected chi connectivity index (χ3v) is 4.69. The second-order valence-electron chi connectivity index (χ2n) is 5.44. The Hall–Kier alpha value is -1.08. The number of hydrogen-bond donors (Lipinski definition) is 1. The van der Waals surface area contributed by atoms with Gasteiger partial charge in [0, 0.05) is 30.2 Å². The SMILES string of the molecule is N#Cc1ccc(CNC2CCN3CCCC23)c(Cl)c1. The molecule has 2 fully saturated rings. The van der Waals surface area contributed by atoms with Crippen LogP contribution in [0.3, 0.4) is 0 Å². The molecule has 2 aliphatic rings. The van der Waals surface area contributed by atoms with Gasteiger partial charge in [-0.1, -0.05) is 17.7 Å². The highest BCUT2D eigenvalue weighted by Gasteiger charge is 2.36. The van der Waals surface area contributed by atoms with E-state index in [0.717, 1.165) is 18.2 Å². The minimum Gasteiger partial charge on any atom is -0.308 e. The Morgan fingerprint density at radius 3 is 3.05 bits per heavy atom. The van der Waals surface area contributed by atoms with Gasteiger partial charge < -0.3 is 5.32 Å². The van der Waals surface area contributed by atoms with Gasteiger partial charge in [-0.05, 0) is 43.5 Å². The van der Waals surface area contributed by atoms with Crippen LogP contribution in [0.1, 0.15) is 30.4 Å². The average Bonchev–Trinajstić information content (AvgIpc) is 3.01. The molecule has 1 aromatic carbocycles. The zero-order valence-electron chi connectivity index (χ0n) is 10.9. The molecule has 2 atom stereocenters. The van der Waals surface area contributed by atoms with Crippen LogP contribution in [0.2, 0.25) is 5.02 Å². The fraction of sp³-hybridized carbons (Fsp3) is 0.533. The number of benzene rings is 1. The number of fused-ring (bicyclic) bond motifs is 1. The van der Waals surface area contributed by atoms with Crippen molar-refractivity contribution in [2.75, 3.05) is 13.1 Å². The maximum atomic E-state index is 8.83. The molecule has 2 saturated heterocycles. The molecule has 2 aliphatic heterocycles. The van der Waals surface area contributed by atoms with E-state index >= 15 is 0 Å². The van der Waals surface area contributed by atoms with Gasteiger partial charge >= 0.3 is 0 Å². The van der Waals surface area contributed by atoms with Crippen LogP contribution >= 0.6 is 11.6 Å². The molecule has 100 valence electrons. The fourth-order valence-corrected chi connectivity index (χ4v) is 3.57. The monoisotopic (exact) mass is 275 g/mol. The topological polar surface area (TPSA) is 39.1 Å². The molecule has 0 spiro atoms. The van der Waals surface area contributed by atoms with E-state index < -0.39 is 0 Å². The summed E-state index contributed by atoms with van der Waals surface area (Å²) in [5.74, 6) is 0. The zero-order valence-corrected chi connectivity index (χ0v) is 11.7. The van der Waals surface area contributed by atoms with E-state index in [4.69, 9.17) is 16.9 Å². The Balaban J connectivity index is 1.62. The van der Waals surface area contributed by atoms with Crippen LogP contribution < -0.4 is 5.32 Å². The van der Waals surface area contributed by atoms with Gasteiger partial charge in [0.1, 0.15) is 0 Å². The van der Waals surface area contributed by atoms with Crippen molar-refractivity contribution in [2.24, 2.45) is 0 Å². The standard InChI is InChI=1S/C15H18ClN3/c16-13-8-11(9-17)3-4-12(13)10-18-14-5-7-19-6-1-2-15(14)19/h3-4,8,14-15,18H,1-2,5-7,10H2. The van der Waals surface area contributed by atoms with Crippen molar-refractivity contribution >= 4 is 11.6 Å². The third kappa shape index (κ3) is 2.62. The maximum Gasteiger partial charge on any atom is 0.0992 e. The van der Waals surface area contributed by atoms with Crippen molar-refractivity contribution in [2.45, 2.75) is 37.9 Å². The summed E-state index contributed by atoms with van der Waals surface area (Å²) in [6.07, 6.45) is 3.89. The number of halogens is 1. The van der Waals surface area contributed by atoms with Gasteiger partial charge in [-0.15, -0.1) is 0 Å². The molecule has 4 heteroatoms. The first-order chi connectivity index (χ1) is 9.28. The highest BCUT2D eigenvalue weighted by Crippen LogP contribution is 2.28. The molecule has 0 radical (unpaired) electrons. The Morgan fingerprint density at radius 2 is 2.26 bits per heavy atom. The summed E-state index contributed by atoms with van der Waals surface area (Å²) in [6, 6.07) is 8.95. The summed E-state index contributed by atoms with van der Waals surface area (Å²) >= 11 is 6.20. The summed E-state index contributed by atoms with van der Waals surface area (Å²) in [6.45, 7) is 3.28. The van der Waals surface area contributed by atoms with Gasteiger partial charge in [-0.25, -0.2) is 0 Å². The van der Waals surface area contributed by atoms with E-state index in [1.165, 1.54) is 32.4 Å². The molecule has 0 amide bonds. The van der Waals surface area contributed by atoms with Crippen LogP contribution in [0.4, 0.5) is 0 Å². The third-order valence-electron chi connectivity index (χ3n) is 4.34. The van der Waals surface area contributed by atoms with Crippen LogP contribution in [0.15, 0.2) is 18.2 Å². The van der Waals surface area contributed by atoms with Crippen LogP contribution in [0.25, 0.3) is 0 Å². The highest BCUT2D eigenvalue weighted by atomic mass is 35.5. The van der Waals surface area contributed by atoms with E-state index in [2.05, 4.69) is 16.3 Å². The number of hydrogen-bond acceptors (Lipinski definition) is 3. The molecule has 1 aromatic rings. The number of nitriles is 1. The molecule has 0 aromatic heterocycles. The van der Waals surface area contributed by atoms with E-state index in [-0.39, 0.29) is 0 Å². The van der Waals surface area contributed by atoms with E-state index in [0.29, 0.717) is 16.6 Å². The second-order valence-corrected chi connectivity index (χ2v) is 5.85. The lowest BCUT2D eigenvalue weighted by molar-refractivity contribution is 0.298. The number of nitrogens with zero attached hydrogens (tertiary/aromatic N) is 2. The molecule has 3 rings (SSSR count). The van der Waals surface area contributed by atoms with Crippen LogP contribution in [-0.4, -0.2) is 30.1 Å². The van der Waals surface area contributed by atoms with Crippen molar-refractivity contribution in [3.05, 3.63) is 34.3 Å². The average molecular weight is 276 g/mol. The molecule has 0 saturated carbocycles. The quantitative estimate of drug-likeness (QED) is 0.921. The molecular formula is C15H18ClN3. The van der Waals surface area contributed by atoms with E-state index in [1.54, 1.807) is 6.07 Å². The van der Waals surface area contributed by atoms with Crippen molar-refractivity contribution < 1.29 is 0 Å². The summed E-state index contributed by atoms with van der Waals surface area (Å²) in [7, 11) is 0. The van der Waals surface area contributed by atoms with Gasteiger partial charge in [0.15, 0.2) is 0 Å². The van der Waals surface area contributed by atoms with Crippen LogP contribution in [-0.2, 0) is 6.54 Å². The van der Waals surface area contributed by atoms with Gasteiger partial charge in [-0.3, -0.25) is 4.90 Å². The maximum absolute atomic E-state index is 8.83. The lowest BCUT2D eigenvalue weighted by Crippen LogP contribution is -2.38. The summed E-state index contributed by atoms with van der Waals surface area (Å²) in [5.41, 5.74) is 1.70. The minimum absolute atomic E-state index is 0.592. The Kier molecular flexibility index (Phi) is 3.74. The number of nitrogens with one attached hydrogen (secondary N) is 1. The van der Waals surface area contributed by atoms with Crippen molar-refractivity contribution in [1.82, 2.24) is 10.2 Å². The highest BCUT2D eigenvalue weighted by molar-refractivity contribution is 6.31. The van der Waals surface area contributed by atoms with Crippen LogP contribution in [0.5, 0.6) is 0 Å². The minimum atomic E-state index is 0.592. The van der Waals surface area contributed by atoms with E-state index in [9.17, 15) is 0 Å². The van der Waals surface area contributed by atoms with Gasteiger partial charge in [0.05, 0.1) is 11.6 Å². The molecule has 2 heterocycles. The second kappa shape index (κ2) is 5.50. The largest absolute Gasteiger partial charge is 0.308 e. The first-order valence-corrected chi connectivity index (χ1v) is 7.31.